The van der Waals surface area contributed by atoms with Gasteiger partial charge in [-0.05, 0) is 102 Å². The van der Waals surface area contributed by atoms with Crippen LogP contribution in [-0.4, -0.2) is 111 Å². The SMILES string of the molecule is CN1CC[C@]23c4c5ccc(OC(=O)Oc6ccc7c8c6O[C@H]6[C@@H](O)CC[C@@]9(O)[C@@H](C7)N(C)CC[C@]869)c4O[C@H]2[C@@H](O)CC[C@@]3(O)C1C5. The molecule has 1 unspecified atom stereocenters. The smallest absolute Gasteiger partial charge is 0.482 e. The summed E-state index contributed by atoms with van der Waals surface area (Å²) in [7, 11) is 4.09. The number of benzene rings is 2. The molecule has 4 N–H and O–H groups in total. The Balaban J connectivity index is 1.01. The van der Waals surface area contributed by atoms with E-state index in [4.69, 9.17) is 18.9 Å². The maximum atomic E-state index is 13.5. The average Bonchev–Trinajstić information content (AvgIpc) is 3.57. The molecule has 2 spiro atoms. The van der Waals surface area contributed by atoms with E-state index < -0.39 is 52.6 Å². The van der Waals surface area contributed by atoms with Crippen LogP contribution in [0.2, 0.25) is 0 Å². The second-order valence-corrected chi connectivity index (χ2v) is 15.3. The lowest BCUT2D eigenvalue weighted by molar-refractivity contribution is -0.204. The molecular weight excluding hydrogens is 592 g/mol. The molecule has 4 heterocycles. The number of aliphatic hydroxyl groups excluding tert-OH is 2. The van der Waals surface area contributed by atoms with E-state index in [1.165, 1.54) is 0 Å². The zero-order chi connectivity index (χ0) is 31.5. The minimum Gasteiger partial charge on any atom is -0.482 e. The number of carbonyl (C=O) groups excluding carboxylic acids is 1. The van der Waals surface area contributed by atoms with Crippen LogP contribution in [0.1, 0.15) is 60.8 Å². The topological polar surface area (TPSA) is 141 Å². The predicted molar refractivity (Wildman–Crippen MR) is 162 cm³/mol. The van der Waals surface area contributed by atoms with Crippen molar-refractivity contribution in [3.05, 3.63) is 46.5 Å². The van der Waals surface area contributed by atoms with E-state index >= 15 is 0 Å². The molecule has 2 saturated carbocycles. The van der Waals surface area contributed by atoms with Gasteiger partial charge in [-0.2, -0.15) is 0 Å². The van der Waals surface area contributed by atoms with Crippen LogP contribution in [0.3, 0.4) is 0 Å². The van der Waals surface area contributed by atoms with Gasteiger partial charge in [-0.25, -0.2) is 4.79 Å². The highest BCUT2D eigenvalue weighted by atomic mass is 16.7. The summed E-state index contributed by atoms with van der Waals surface area (Å²) in [6.07, 6.45) is 0.572. The molecule has 8 aliphatic rings. The van der Waals surface area contributed by atoms with Crippen LogP contribution in [0.4, 0.5) is 4.79 Å². The first-order valence-corrected chi connectivity index (χ1v) is 16.8. The van der Waals surface area contributed by atoms with Crippen molar-refractivity contribution in [2.45, 2.75) is 110 Å². The lowest BCUT2D eigenvalue weighted by Crippen LogP contribution is -2.76. The normalized spacial score (nSPS) is 44.0. The number of aliphatic hydroxyl groups is 4. The third kappa shape index (κ3) is 2.97. The number of likely N-dealkylation sites (N-methyl/N-ethyl adjacent to an activating group) is 2. The monoisotopic (exact) mass is 632 g/mol. The van der Waals surface area contributed by atoms with Gasteiger partial charge in [0, 0.05) is 23.2 Å². The number of hydrogen-bond acceptors (Lipinski definition) is 11. The van der Waals surface area contributed by atoms with Crippen LogP contribution < -0.4 is 18.9 Å². The maximum absolute atomic E-state index is 13.5. The van der Waals surface area contributed by atoms with Crippen LogP contribution in [0.5, 0.6) is 23.0 Å². The van der Waals surface area contributed by atoms with E-state index in [0.29, 0.717) is 62.9 Å². The summed E-state index contributed by atoms with van der Waals surface area (Å²) in [6, 6.07) is 7.11. The molecule has 2 saturated heterocycles. The zero-order valence-corrected chi connectivity index (χ0v) is 26.1. The summed E-state index contributed by atoms with van der Waals surface area (Å²) in [5.41, 5.74) is 0.0537. The fraction of sp³-hybridized carbons (Fsp3) is 0.629. The Kier molecular flexibility index (Phi) is 5.35. The number of hydrogen-bond donors (Lipinski definition) is 4. The third-order valence-electron chi connectivity index (χ3n) is 13.8. The molecule has 4 aliphatic heterocycles. The first-order chi connectivity index (χ1) is 22.0. The lowest BCUT2D eigenvalue weighted by Gasteiger charge is -2.63. The Labute approximate surface area is 266 Å². The number of rotatable bonds is 2. The highest BCUT2D eigenvalue weighted by molar-refractivity contribution is 5.74. The van der Waals surface area contributed by atoms with E-state index in [9.17, 15) is 25.2 Å². The predicted octanol–water partition coefficient (Wildman–Crippen LogP) is 1.55. The summed E-state index contributed by atoms with van der Waals surface area (Å²) in [4.78, 5) is 18.0. The quantitative estimate of drug-likeness (QED) is 0.283. The Morgan fingerprint density at radius 2 is 1.17 bits per heavy atom. The van der Waals surface area contributed by atoms with E-state index in [-0.39, 0.29) is 23.6 Å². The first kappa shape index (κ1) is 28.1. The van der Waals surface area contributed by atoms with Gasteiger partial charge in [0.05, 0.1) is 34.2 Å². The lowest BCUT2D eigenvalue weighted by atomic mass is 9.49. The molecule has 11 heteroatoms. The molecule has 0 aromatic heterocycles. The number of piperidine rings is 2. The van der Waals surface area contributed by atoms with Gasteiger partial charge in [0.25, 0.3) is 0 Å². The fourth-order valence-corrected chi connectivity index (χ4v) is 11.8. The van der Waals surface area contributed by atoms with Crippen molar-refractivity contribution in [1.82, 2.24) is 9.80 Å². The van der Waals surface area contributed by atoms with E-state index in [0.717, 1.165) is 35.3 Å². The van der Waals surface area contributed by atoms with E-state index in [1.807, 2.05) is 26.2 Å². The fourth-order valence-electron chi connectivity index (χ4n) is 11.8. The molecule has 0 amide bonds. The Morgan fingerprint density at radius 1 is 0.739 bits per heavy atom. The summed E-state index contributed by atoms with van der Waals surface area (Å²) in [5.74, 6) is 1.15. The molecule has 4 aliphatic carbocycles. The molecule has 2 aromatic rings. The van der Waals surface area contributed by atoms with Gasteiger partial charge in [0.2, 0.25) is 0 Å². The summed E-state index contributed by atoms with van der Waals surface area (Å²) in [6.45, 7) is 1.52. The number of likely N-dealkylation sites (tertiary alicyclic amines) is 2. The minimum absolute atomic E-state index is 0.0916. The van der Waals surface area contributed by atoms with Crippen LogP contribution in [0.25, 0.3) is 0 Å². The van der Waals surface area contributed by atoms with Gasteiger partial charge < -0.3 is 49.2 Å². The summed E-state index contributed by atoms with van der Waals surface area (Å²) < 4.78 is 24.7. The maximum Gasteiger partial charge on any atom is 0.519 e. The Bertz CT molecular complexity index is 1600. The molecular formula is C35H40N2O9. The van der Waals surface area contributed by atoms with Crippen molar-refractivity contribution >= 4 is 6.16 Å². The van der Waals surface area contributed by atoms with Gasteiger partial charge in [0.1, 0.15) is 12.2 Å². The summed E-state index contributed by atoms with van der Waals surface area (Å²) in [5, 5.41) is 46.9. The Hall–Kier alpha value is -2.93. The van der Waals surface area contributed by atoms with Crippen molar-refractivity contribution in [3.63, 3.8) is 0 Å². The second kappa shape index (κ2) is 8.75. The number of carbonyl (C=O) groups is 1. The molecule has 10 atom stereocenters. The molecule has 0 radical (unpaired) electrons. The standard InChI is InChI=1S/C35H40N2O9/c1-36-13-11-32-25-17-3-5-21(27(25)45-29(32)19(38)7-9-34(32,41)23(36)15-17)43-31(40)44-22-6-4-18-16-24-35(42)10-8-20(39)30-33(35,12-14-37(24)2)26(18)28(22)46-30/h3-6,19-20,23-24,29-30,38-39,41-42H,7-16H2,1-2H3/t19-,20-,23+,24?,29-,30-,32-,33-,34+,35+/m0/s1. The summed E-state index contributed by atoms with van der Waals surface area (Å²) >= 11 is 0. The van der Waals surface area contributed by atoms with E-state index in [2.05, 4.69) is 9.80 Å². The van der Waals surface area contributed by atoms with Gasteiger partial charge >= 0.3 is 6.16 Å². The van der Waals surface area contributed by atoms with Gasteiger partial charge in [0.15, 0.2) is 23.0 Å². The highest BCUT2D eigenvalue weighted by Gasteiger charge is 2.74. The van der Waals surface area contributed by atoms with Crippen molar-refractivity contribution < 1.29 is 44.2 Å². The minimum atomic E-state index is -1.07. The number of nitrogens with zero attached hydrogens (tertiary/aromatic N) is 2. The molecule has 4 bridgehead atoms. The Morgan fingerprint density at radius 3 is 1.61 bits per heavy atom. The number of ether oxygens (including phenoxy) is 4. The van der Waals surface area contributed by atoms with Crippen molar-refractivity contribution in [2.24, 2.45) is 0 Å². The van der Waals surface area contributed by atoms with Crippen LogP contribution in [0.15, 0.2) is 24.3 Å². The van der Waals surface area contributed by atoms with Gasteiger partial charge in [-0.15, -0.1) is 0 Å². The van der Waals surface area contributed by atoms with Crippen LogP contribution in [0, 0.1) is 0 Å². The molecule has 10 rings (SSSR count). The molecule has 11 nitrogen and oxygen atoms in total. The molecule has 244 valence electrons. The molecule has 2 aromatic carbocycles. The highest BCUT2D eigenvalue weighted by Crippen LogP contribution is 2.67. The van der Waals surface area contributed by atoms with Crippen molar-refractivity contribution in [3.8, 4) is 23.0 Å². The van der Waals surface area contributed by atoms with Crippen molar-refractivity contribution in [1.29, 1.82) is 0 Å². The molecule has 46 heavy (non-hydrogen) atoms. The van der Waals surface area contributed by atoms with Gasteiger partial charge in [-0.1, -0.05) is 12.1 Å². The van der Waals surface area contributed by atoms with Crippen LogP contribution in [-0.2, 0) is 23.7 Å². The van der Waals surface area contributed by atoms with E-state index in [1.54, 1.807) is 12.1 Å². The largest absolute Gasteiger partial charge is 0.519 e. The zero-order valence-electron chi connectivity index (χ0n) is 26.1. The van der Waals surface area contributed by atoms with Crippen LogP contribution >= 0.6 is 0 Å². The average molecular weight is 633 g/mol. The second-order valence-electron chi connectivity index (χ2n) is 15.3. The first-order valence-electron chi connectivity index (χ1n) is 16.8. The third-order valence-corrected chi connectivity index (χ3v) is 13.8. The molecule has 4 fully saturated rings. The van der Waals surface area contributed by atoms with Gasteiger partial charge in [-0.3, -0.25) is 0 Å². The van der Waals surface area contributed by atoms with Crippen molar-refractivity contribution in [2.75, 3.05) is 27.2 Å².